The van der Waals surface area contributed by atoms with E-state index in [-0.39, 0.29) is 6.61 Å². The first kappa shape index (κ1) is 7.88. The van der Waals surface area contributed by atoms with Crippen LogP contribution in [0.3, 0.4) is 0 Å². The molecule has 8 heavy (non-hydrogen) atoms. The lowest BCUT2D eigenvalue weighted by molar-refractivity contribution is 0.0657. The predicted octanol–water partition coefficient (Wildman–Crippen LogP) is -0.347. The van der Waals surface area contributed by atoms with Gasteiger partial charge in [-0.15, -0.1) is 0 Å². The van der Waals surface area contributed by atoms with Crippen LogP contribution in [0.15, 0.2) is 0 Å². The first-order valence-corrected chi connectivity index (χ1v) is 2.72. The Hall–Kier alpha value is -0.120. The normalized spacial score (nSPS) is 9.75. The molecule has 1 radical (unpaired) electrons. The molecule has 0 amide bonds. The lowest BCUT2D eigenvalue weighted by atomic mass is 10.7. The largest absolute Gasteiger partial charge is 0.378 e. The summed E-state index contributed by atoms with van der Waals surface area (Å²) in [4.78, 5) is 0. The second kappa shape index (κ2) is 6.88. The predicted molar refractivity (Wildman–Crippen MR) is 30.3 cm³/mol. The third-order valence-corrected chi connectivity index (χ3v) is 0.724. The fourth-order valence-corrected chi connectivity index (χ4v) is 0.335. The van der Waals surface area contributed by atoms with Gasteiger partial charge in [-0.25, -0.2) is 5.11 Å². The Balaban J connectivity index is 2.53. The van der Waals surface area contributed by atoms with Crippen LogP contribution in [0.25, 0.3) is 0 Å². The van der Waals surface area contributed by atoms with Crippen LogP contribution in [0.4, 0.5) is 0 Å². The Morgan fingerprint density at radius 1 is 1.50 bits per heavy atom. The minimum absolute atomic E-state index is 0.135. The van der Waals surface area contributed by atoms with Crippen molar-refractivity contribution in [3.05, 3.63) is 0 Å². The van der Waals surface area contributed by atoms with E-state index in [4.69, 9.17) is 4.74 Å². The average Bonchev–Trinajstić information content (AvgIpc) is 1.81. The van der Waals surface area contributed by atoms with Crippen molar-refractivity contribution in [2.75, 3.05) is 33.4 Å². The molecule has 0 atom stereocenters. The Labute approximate surface area is 49.7 Å². The van der Waals surface area contributed by atoms with Gasteiger partial charge in [0.2, 0.25) is 0 Å². The number of nitrogens with one attached hydrogen (secondary N) is 1. The van der Waals surface area contributed by atoms with Gasteiger partial charge in [0, 0.05) is 6.54 Å². The van der Waals surface area contributed by atoms with E-state index in [1.54, 1.807) is 0 Å². The molecule has 0 saturated heterocycles. The molecule has 0 aromatic heterocycles. The molecule has 0 aromatic carbocycles. The van der Waals surface area contributed by atoms with Gasteiger partial charge < -0.3 is 10.1 Å². The highest BCUT2D eigenvalue weighted by molar-refractivity contribution is 4.34. The molecule has 0 heterocycles. The van der Waals surface area contributed by atoms with E-state index < -0.39 is 0 Å². The van der Waals surface area contributed by atoms with E-state index in [0.717, 1.165) is 6.54 Å². The molecule has 49 valence electrons. The molecule has 0 saturated carbocycles. The van der Waals surface area contributed by atoms with Gasteiger partial charge >= 0.3 is 0 Å². The molecule has 0 spiro atoms. The van der Waals surface area contributed by atoms with Crippen LogP contribution in [0, 0.1) is 0 Å². The molecule has 0 rings (SSSR count). The minimum Gasteiger partial charge on any atom is -0.378 e. The van der Waals surface area contributed by atoms with Crippen LogP contribution in [0.5, 0.6) is 0 Å². The Bertz CT molecular complexity index is 35.4. The van der Waals surface area contributed by atoms with Crippen LogP contribution in [0.1, 0.15) is 0 Å². The van der Waals surface area contributed by atoms with Crippen molar-refractivity contribution >= 4 is 0 Å². The summed E-state index contributed by atoms with van der Waals surface area (Å²) in [6, 6.07) is 0. The van der Waals surface area contributed by atoms with Crippen molar-refractivity contribution in [1.29, 1.82) is 0 Å². The second-order valence-electron chi connectivity index (χ2n) is 1.42. The van der Waals surface area contributed by atoms with Crippen LogP contribution in [0.2, 0.25) is 0 Å². The Morgan fingerprint density at radius 3 is 2.75 bits per heavy atom. The van der Waals surface area contributed by atoms with Crippen LogP contribution < -0.4 is 5.32 Å². The van der Waals surface area contributed by atoms with Gasteiger partial charge in [-0.2, -0.15) is 0 Å². The van der Waals surface area contributed by atoms with Crippen molar-refractivity contribution in [1.82, 2.24) is 5.32 Å². The summed E-state index contributed by atoms with van der Waals surface area (Å²) in [5.74, 6) is 0. The number of hydrogen-bond donors (Lipinski definition) is 1. The molecule has 3 nitrogen and oxygen atoms in total. The molecule has 0 unspecified atom stereocenters. The Kier molecular flexibility index (Phi) is 6.78. The highest BCUT2D eigenvalue weighted by atomic mass is 16.5. The molecular weight excluding hydrogens is 106 g/mol. The highest BCUT2D eigenvalue weighted by Crippen LogP contribution is 1.69. The second-order valence-corrected chi connectivity index (χ2v) is 1.42. The average molecular weight is 118 g/mol. The van der Waals surface area contributed by atoms with Gasteiger partial charge in [-0.1, -0.05) is 0 Å². The standard InChI is InChI=1S/C5H12NO2/c1-6-2-4-8-5-3-7/h6H,2-5H2,1H3. The van der Waals surface area contributed by atoms with Gasteiger partial charge in [0.05, 0.1) is 13.2 Å². The van der Waals surface area contributed by atoms with E-state index in [2.05, 4.69) is 5.32 Å². The van der Waals surface area contributed by atoms with E-state index >= 15 is 0 Å². The van der Waals surface area contributed by atoms with E-state index in [0.29, 0.717) is 13.2 Å². The van der Waals surface area contributed by atoms with Crippen molar-refractivity contribution in [3.63, 3.8) is 0 Å². The topological polar surface area (TPSA) is 41.2 Å². The minimum atomic E-state index is -0.135. The van der Waals surface area contributed by atoms with Crippen LogP contribution in [-0.2, 0) is 9.84 Å². The lowest BCUT2D eigenvalue weighted by Crippen LogP contribution is -2.15. The number of rotatable bonds is 5. The first-order chi connectivity index (χ1) is 3.91. The van der Waals surface area contributed by atoms with Crippen LogP contribution >= 0.6 is 0 Å². The monoisotopic (exact) mass is 118 g/mol. The summed E-state index contributed by atoms with van der Waals surface area (Å²) in [5.41, 5.74) is 0. The van der Waals surface area contributed by atoms with E-state index in [1.165, 1.54) is 0 Å². The zero-order valence-electron chi connectivity index (χ0n) is 5.14. The van der Waals surface area contributed by atoms with Gasteiger partial charge in [0.1, 0.15) is 6.61 Å². The van der Waals surface area contributed by atoms with Gasteiger partial charge in [0.25, 0.3) is 0 Å². The van der Waals surface area contributed by atoms with Gasteiger partial charge in [0.15, 0.2) is 0 Å². The number of ether oxygens (including phenoxy) is 1. The summed E-state index contributed by atoms with van der Waals surface area (Å²) in [7, 11) is 1.85. The smallest absolute Gasteiger partial charge is 0.106 e. The number of hydrogen-bond acceptors (Lipinski definition) is 2. The summed E-state index contributed by atoms with van der Waals surface area (Å²) < 4.78 is 4.85. The van der Waals surface area contributed by atoms with E-state index in [9.17, 15) is 5.11 Å². The molecule has 0 fully saturated rings. The quantitative estimate of drug-likeness (QED) is 0.501. The summed E-state index contributed by atoms with van der Waals surface area (Å²) in [6.45, 7) is 1.66. The SMILES string of the molecule is CNCCOCC[O]. The maximum absolute atomic E-state index is 9.75. The molecule has 1 N–H and O–H groups in total. The van der Waals surface area contributed by atoms with Crippen LogP contribution in [-0.4, -0.2) is 33.4 Å². The third kappa shape index (κ3) is 5.88. The summed E-state index contributed by atoms with van der Waals surface area (Å²) >= 11 is 0. The molecule has 0 aliphatic carbocycles. The van der Waals surface area contributed by atoms with Gasteiger partial charge in [-0.05, 0) is 7.05 Å². The maximum atomic E-state index is 9.75. The number of likely N-dealkylation sites (N-methyl/N-ethyl adjacent to an activating group) is 1. The molecule has 0 aromatic rings. The van der Waals surface area contributed by atoms with Crippen molar-refractivity contribution in [2.45, 2.75) is 0 Å². The molecule has 3 heteroatoms. The first-order valence-electron chi connectivity index (χ1n) is 2.72. The maximum Gasteiger partial charge on any atom is 0.106 e. The third-order valence-electron chi connectivity index (χ3n) is 0.724. The van der Waals surface area contributed by atoms with Gasteiger partial charge in [-0.3, -0.25) is 0 Å². The van der Waals surface area contributed by atoms with Crippen molar-refractivity contribution in [2.24, 2.45) is 0 Å². The fraction of sp³-hybridized carbons (Fsp3) is 1.00. The molecule has 0 aliphatic heterocycles. The molecular formula is C5H12NO2. The van der Waals surface area contributed by atoms with E-state index in [1.807, 2.05) is 7.05 Å². The zero-order valence-corrected chi connectivity index (χ0v) is 5.14. The lowest BCUT2D eigenvalue weighted by Gasteiger charge is -1.97. The fourth-order valence-electron chi connectivity index (χ4n) is 0.335. The Morgan fingerprint density at radius 2 is 2.25 bits per heavy atom. The van der Waals surface area contributed by atoms with Crippen molar-refractivity contribution in [3.8, 4) is 0 Å². The summed E-state index contributed by atoms with van der Waals surface area (Å²) in [6.07, 6.45) is 0. The van der Waals surface area contributed by atoms with Crippen molar-refractivity contribution < 1.29 is 9.84 Å². The highest BCUT2D eigenvalue weighted by Gasteiger charge is 1.82. The summed E-state index contributed by atoms with van der Waals surface area (Å²) in [5, 5.41) is 12.6. The molecule has 0 aliphatic rings. The zero-order chi connectivity index (χ0) is 6.24. The molecule has 0 bridgehead atoms.